The minimum Gasteiger partial charge on any atom is -0.475 e. The Bertz CT molecular complexity index is 811. The number of nitrogens with two attached hydrogens (primary N) is 1. The summed E-state index contributed by atoms with van der Waals surface area (Å²) in [6.07, 6.45) is 2.77. The minimum absolute atomic E-state index is 0.209. The van der Waals surface area contributed by atoms with Crippen LogP contribution < -0.4 is 15.8 Å². The monoisotopic (exact) mass is 347 g/mol. The molecule has 3 rings (SSSR count). The zero-order valence-electron chi connectivity index (χ0n) is 13.0. The number of fused-ring (bicyclic) bond motifs is 1. The van der Waals surface area contributed by atoms with Crippen LogP contribution in [0.15, 0.2) is 29.3 Å². The lowest BCUT2D eigenvalue weighted by Crippen LogP contribution is -2.31. The Morgan fingerprint density at radius 3 is 2.96 bits per heavy atom. The van der Waals surface area contributed by atoms with Gasteiger partial charge < -0.3 is 20.9 Å². The molecule has 126 valence electrons. The third-order valence-corrected chi connectivity index (χ3v) is 4.67. The molecule has 0 radical (unpaired) electrons. The van der Waals surface area contributed by atoms with Crippen LogP contribution in [0.5, 0.6) is 5.88 Å². The Balaban J connectivity index is 1.88. The molecule has 0 bridgehead atoms. The number of benzene rings is 1. The van der Waals surface area contributed by atoms with Crippen LogP contribution >= 0.6 is 11.8 Å². The summed E-state index contributed by atoms with van der Waals surface area (Å²) in [6, 6.07) is 5.07. The molecule has 0 aliphatic carbocycles. The van der Waals surface area contributed by atoms with Crippen molar-refractivity contribution in [2.45, 2.75) is 23.5 Å². The number of primary amides is 1. The number of rotatable bonds is 5. The van der Waals surface area contributed by atoms with Gasteiger partial charge in [-0.1, -0.05) is 0 Å². The van der Waals surface area contributed by atoms with E-state index in [1.807, 2.05) is 12.3 Å². The second-order valence-corrected chi connectivity index (χ2v) is 6.37. The zero-order valence-corrected chi connectivity index (χ0v) is 13.8. The summed E-state index contributed by atoms with van der Waals surface area (Å²) in [5.41, 5.74) is 5.88. The summed E-state index contributed by atoms with van der Waals surface area (Å²) in [6.45, 7) is 0.209. The number of aliphatic hydroxyl groups excluding tert-OH is 1. The van der Waals surface area contributed by atoms with Gasteiger partial charge in [0.15, 0.2) is 0 Å². The van der Waals surface area contributed by atoms with E-state index >= 15 is 0 Å². The van der Waals surface area contributed by atoms with E-state index in [0.29, 0.717) is 17.9 Å². The Hall–Kier alpha value is -2.32. The fraction of sp³-hybridized carbons (Fsp3) is 0.312. The standard InChI is InChI=1S/C16H17N3O4S/c1-24-13-6-10-8(4-11(13)14(17)21)2-3-18-16(10)23-7-9-5-12(20)15(22)19-9/h2-4,6,9,12,20H,5,7H2,1H3,(H2,17,21)(H,19,22)/t9-,12?/m0/s1. The van der Waals surface area contributed by atoms with E-state index in [1.165, 1.54) is 11.8 Å². The second-order valence-electron chi connectivity index (χ2n) is 5.52. The molecule has 1 aromatic heterocycles. The van der Waals surface area contributed by atoms with E-state index < -0.39 is 12.0 Å². The first-order chi connectivity index (χ1) is 11.5. The molecule has 4 N–H and O–H groups in total. The predicted molar refractivity (Wildman–Crippen MR) is 90.1 cm³/mol. The van der Waals surface area contributed by atoms with Crippen molar-refractivity contribution in [3.8, 4) is 5.88 Å². The zero-order chi connectivity index (χ0) is 17.3. The molecule has 24 heavy (non-hydrogen) atoms. The summed E-state index contributed by atoms with van der Waals surface area (Å²) in [5.74, 6) is -0.456. The molecule has 1 fully saturated rings. The number of carbonyl (C=O) groups excluding carboxylic acids is 2. The molecule has 1 unspecified atom stereocenters. The SMILES string of the molecule is CSc1cc2c(OC[C@@H]3CC(O)C(=O)N3)nccc2cc1C(N)=O. The number of aromatic nitrogens is 1. The Morgan fingerprint density at radius 2 is 2.33 bits per heavy atom. The van der Waals surface area contributed by atoms with Crippen molar-refractivity contribution in [1.82, 2.24) is 10.3 Å². The Labute approximate surface area is 142 Å². The predicted octanol–water partition coefficient (Wildman–Crippen LogP) is 0.684. The Kier molecular flexibility index (Phi) is 4.59. The first-order valence-electron chi connectivity index (χ1n) is 7.37. The van der Waals surface area contributed by atoms with Gasteiger partial charge in [0.25, 0.3) is 0 Å². The third kappa shape index (κ3) is 3.15. The molecule has 1 aromatic carbocycles. The quantitative estimate of drug-likeness (QED) is 0.686. The maximum atomic E-state index is 11.6. The molecule has 7 nitrogen and oxygen atoms in total. The number of hydrogen-bond donors (Lipinski definition) is 3. The number of aliphatic hydroxyl groups is 1. The van der Waals surface area contributed by atoms with Crippen molar-refractivity contribution in [1.29, 1.82) is 0 Å². The number of hydrogen-bond acceptors (Lipinski definition) is 6. The molecule has 0 spiro atoms. The summed E-state index contributed by atoms with van der Waals surface area (Å²) in [5, 5.41) is 13.7. The van der Waals surface area contributed by atoms with Gasteiger partial charge in [0.2, 0.25) is 17.7 Å². The lowest BCUT2D eigenvalue weighted by Gasteiger charge is -2.14. The number of ether oxygens (including phenoxy) is 1. The van der Waals surface area contributed by atoms with Crippen molar-refractivity contribution in [2.75, 3.05) is 12.9 Å². The van der Waals surface area contributed by atoms with E-state index in [1.54, 1.807) is 18.3 Å². The van der Waals surface area contributed by atoms with Crippen molar-refractivity contribution < 1.29 is 19.4 Å². The van der Waals surface area contributed by atoms with Gasteiger partial charge in [0.05, 0.1) is 11.6 Å². The van der Waals surface area contributed by atoms with E-state index in [9.17, 15) is 14.7 Å². The molecule has 1 saturated heterocycles. The van der Waals surface area contributed by atoms with Gasteiger partial charge in [-0.15, -0.1) is 11.8 Å². The molecule has 1 aliphatic rings. The average Bonchev–Trinajstić information content (AvgIpc) is 2.89. The lowest BCUT2D eigenvalue weighted by molar-refractivity contribution is -0.126. The van der Waals surface area contributed by atoms with Gasteiger partial charge in [-0.25, -0.2) is 4.98 Å². The minimum atomic E-state index is -0.986. The smallest absolute Gasteiger partial charge is 0.249 e. The van der Waals surface area contributed by atoms with Gasteiger partial charge in [-0.3, -0.25) is 9.59 Å². The highest BCUT2D eigenvalue weighted by atomic mass is 32.2. The largest absolute Gasteiger partial charge is 0.475 e. The number of carbonyl (C=O) groups is 2. The van der Waals surface area contributed by atoms with Crippen molar-refractivity contribution in [3.05, 3.63) is 30.0 Å². The molecule has 2 heterocycles. The van der Waals surface area contributed by atoms with Gasteiger partial charge >= 0.3 is 0 Å². The topological polar surface area (TPSA) is 115 Å². The maximum Gasteiger partial charge on any atom is 0.249 e. The first kappa shape index (κ1) is 16.5. The van der Waals surface area contributed by atoms with Gasteiger partial charge in [-0.05, 0) is 29.8 Å². The number of thioether (sulfide) groups is 1. The van der Waals surface area contributed by atoms with E-state index in [0.717, 1.165) is 15.7 Å². The normalized spacial score (nSPS) is 20.2. The number of pyridine rings is 1. The summed E-state index contributed by atoms with van der Waals surface area (Å²) in [7, 11) is 0. The van der Waals surface area contributed by atoms with Crippen LogP contribution in [0.2, 0.25) is 0 Å². The third-order valence-electron chi connectivity index (χ3n) is 3.89. The molecule has 2 atom stereocenters. The van der Waals surface area contributed by atoms with Gasteiger partial charge in [0, 0.05) is 22.9 Å². The molecule has 2 aromatic rings. The molecule has 1 aliphatic heterocycles. The highest BCUT2D eigenvalue weighted by Gasteiger charge is 2.30. The van der Waals surface area contributed by atoms with Gasteiger partial charge in [-0.2, -0.15) is 0 Å². The van der Waals surface area contributed by atoms with Crippen LogP contribution in [0.3, 0.4) is 0 Å². The van der Waals surface area contributed by atoms with Crippen LogP contribution in [-0.4, -0.2) is 46.9 Å². The van der Waals surface area contributed by atoms with Crippen molar-refractivity contribution >= 4 is 34.3 Å². The molecule has 8 heteroatoms. The van der Waals surface area contributed by atoms with Crippen molar-refractivity contribution in [3.63, 3.8) is 0 Å². The first-order valence-corrected chi connectivity index (χ1v) is 8.60. The number of amides is 2. The molecule has 0 saturated carbocycles. The fourth-order valence-corrected chi connectivity index (χ4v) is 3.29. The van der Waals surface area contributed by atoms with Crippen molar-refractivity contribution in [2.24, 2.45) is 5.73 Å². The summed E-state index contributed by atoms with van der Waals surface area (Å²) in [4.78, 5) is 27.9. The number of nitrogens with zero attached hydrogens (tertiary/aromatic N) is 1. The maximum absolute atomic E-state index is 11.6. The van der Waals surface area contributed by atoms with E-state index in [4.69, 9.17) is 10.5 Å². The summed E-state index contributed by atoms with van der Waals surface area (Å²) < 4.78 is 5.74. The number of nitrogens with one attached hydrogen (secondary N) is 1. The second kappa shape index (κ2) is 6.66. The molecular weight excluding hydrogens is 330 g/mol. The van der Waals surface area contributed by atoms with E-state index in [-0.39, 0.29) is 18.6 Å². The van der Waals surface area contributed by atoms with Gasteiger partial charge in [0.1, 0.15) is 12.7 Å². The van der Waals surface area contributed by atoms with Crippen LogP contribution in [-0.2, 0) is 4.79 Å². The molecular formula is C16H17N3O4S. The fourth-order valence-electron chi connectivity index (χ4n) is 2.67. The highest BCUT2D eigenvalue weighted by Crippen LogP contribution is 2.31. The van der Waals surface area contributed by atoms with Crippen LogP contribution in [0.1, 0.15) is 16.8 Å². The van der Waals surface area contributed by atoms with Crippen LogP contribution in [0.25, 0.3) is 10.8 Å². The highest BCUT2D eigenvalue weighted by molar-refractivity contribution is 7.98. The lowest BCUT2D eigenvalue weighted by atomic mass is 10.1. The Morgan fingerprint density at radius 1 is 1.54 bits per heavy atom. The van der Waals surface area contributed by atoms with Crippen LogP contribution in [0.4, 0.5) is 0 Å². The molecule has 2 amide bonds. The van der Waals surface area contributed by atoms with E-state index in [2.05, 4.69) is 10.3 Å². The summed E-state index contributed by atoms with van der Waals surface area (Å²) >= 11 is 1.42. The van der Waals surface area contributed by atoms with Crippen LogP contribution in [0, 0.1) is 0 Å². The average molecular weight is 347 g/mol.